The quantitative estimate of drug-likeness (QED) is 0.164. The minimum absolute atomic E-state index is 0.0532. The Balaban J connectivity index is 2.09. The van der Waals surface area contributed by atoms with E-state index in [9.17, 15) is 27.6 Å². The van der Waals surface area contributed by atoms with Crippen molar-refractivity contribution in [1.29, 1.82) is 0 Å². The molecule has 0 aliphatic carbocycles. The summed E-state index contributed by atoms with van der Waals surface area (Å²) in [4.78, 5) is 37.1. The molecular formula is C27H32F3NO5. The third-order valence-corrected chi connectivity index (χ3v) is 5.70. The van der Waals surface area contributed by atoms with Crippen molar-refractivity contribution < 1.29 is 37.0 Å². The molecule has 9 heteroatoms. The van der Waals surface area contributed by atoms with Crippen LogP contribution in [0.15, 0.2) is 48.5 Å². The number of nitrogens with one attached hydrogen (secondary N) is 1. The van der Waals surface area contributed by atoms with Crippen LogP contribution >= 0.6 is 0 Å². The summed E-state index contributed by atoms with van der Waals surface area (Å²) in [5, 5.41) is 2.79. The molecule has 1 amide bonds. The molecule has 0 aromatic heterocycles. The number of methoxy groups -OCH3 is 1. The van der Waals surface area contributed by atoms with Gasteiger partial charge < -0.3 is 14.8 Å². The van der Waals surface area contributed by atoms with Crippen LogP contribution in [0.5, 0.6) is 5.75 Å². The maximum Gasteiger partial charge on any atom is 0.389 e. The predicted octanol–water partition coefficient (Wildman–Crippen LogP) is 5.66. The predicted molar refractivity (Wildman–Crippen MR) is 129 cm³/mol. The van der Waals surface area contributed by atoms with Gasteiger partial charge in [0.2, 0.25) is 5.91 Å². The number of hydrogen-bond acceptors (Lipinski definition) is 5. The molecule has 2 aromatic carbocycles. The van der Waals surface area contributed by atoms with E-state index in [-0.39, 0.29) is 25.2 Å². The second-order valence-electron chi connectivity index (χ2n) is 8.90. The number of amides is 1. The molecule has 6 nitrogen and oxygen atoms in total. The maximum absolute atomic E-state index is 13.0. The lowest BCUT2D eigenvalue weighted by atomic mass is 9.85. The number of unbranched alkanes of at least 4 members (excludes halogenated alkanes) is 2. The van der Waals surface area contributed by atoms with Crippen molar-refractivity contribution in [2.24, 2.45) is 0 Å². The van der Waals surface area contributed by atoms with Crippen molar-refractivity contribution in [3.8, 4) is 5.75 Å². The van der Waals surface area contributed by atoms with E-state index in [1.807, 2.05) is 19.1 Å². The summed E-state index contributed by atoms with van der Waals surface area (Å²) in [5.74, 6) is -0.948. The van der Waals surface area contributed by atoms with E-state index in [1.54, 1.807) is 43.3 Å². The van der Waals surface area contributed by atoms with E-state index in [2.05, 4.69) is 10.1 Å². The van der Waals surface area contributed by atoms with Crippen LogP contribution in [0.25, 0.3) is 0 Å². The number of Topliss-reactive ketones (excluding diaryl/α,β-unsaturated/α-hetero) is 1. The molecule has 1 atom stereocenters. The van der Waals surface area contributed by atoms with Crippen molar-refractivity contribution in [1.82, 2.24) is 5.32 Å². The van der Waals surface area contributed by atoms with Crippen LogP contribution in [-0.4, -0.2) is 37.6 Å². The number of rotatable bonds is 13. The van der Waals surface area contributed by atoms with E-state index < -0.39 is 36.4 Å². The average molecular weight is 508 g/mol. The van der Waals surface area contributed by atoms with E-state index in [0.29, 0.717) is 29.7 Å². The third-order valence-electron chi connectivity index (χ3n) is 5.70. The number of esters is 1. The summed E-state index contributed by atoms with van der Waals surface area (Å²) in [6, 6.07) is 13.9. The fourth-order valence-electron chi connectivity index (χ4n) is 3.65. The number of hydrogen-bond donors (Lipinski definition) is 1. The van der Waals surface area contributed by atoms with Crippen LogP contribution in [-0.2, 0) is 19.9 Å². The van der Waals surface area contributed by atoms with Gasteiger partial charge in [-0.3, -0.25) is 14.4 Å². The Hall–Kier alpha value is -3.36. The average Bonchev–Trinajstić information content (AvgIpc) is 2.81. The fraction of sp³-hybridized carbons (Fsp3) is 0.444. The van der Waals surface area contributed by atoms with Gasteiger partial charge in [-0.25, -0.2) is 0 Å². The van der Waals surface area contributed by atoms with Crippen LogP contribution in [0.3, 0.4) is 0 Å². The lowest BCUT2D eigenvalue weighted by Crippen LogP contribution is -2.45. The van der Waals surface area contributed by atoms with E-state index in [0.717, 1.165) is 5.56 Å². The van der Waals surface area contributed by atoms with Gasteiger partial charge in [0.05, 0.1) is 19.3 Å². The number of alkyl halides is 3. The summed E-state index contributed by atoms with van der Waals surface area (Å²) in [7, 11) is 1.19. The summed E-state index contributed by atoms with van der Waals surface area (Å²) in [6.07, 6.45) is -4.53. The number of benzene rings is 2. The summed E-state index contributed by atoms with van der Waals surface area (Å²) in [6.45, 7) is 3.89. The molecule has 0 aliphatic rings. The highest BCUT2D eigenvalue weighted by atomic mass is 19.4. The maximum atomic E-state index is 13.0. The Bertz CT molecular complexity index is 1020. The Labute approximate surface area is 209 Å². The molecule has 0 heterocycles. The van der Waals surface area contributed by atoms with Crippen LogP contribution in [0, 0.1) is 6.92 Å². The van der Waals surface area contributed by atoms with Crippen LogP contribution in [0.2, 0.25) is 0 Å². The van der Waals surface area contributed by atoms with Crippen molar-refractivity contribution in [2.45, 2.75) is 64.1 Å². The second kappa shape index (κ2) is 13.1. The molecule has 0 spiro atoms. The van der Waals surface area contributed by atoms with Crippen LogP contribution < -0.4 is 10.1 Å². The Morgan fingerprint density at radius 1 is 0.917 bits per heavy atom. The minimum atomic E-state index is -4.14. The van der Waals surface area contributed by atoms with Crippen molar-refractivity contribution in [2.75, 3.05) is 13.7 Å². The van der Waals surface area contributed by atoms with Gasteiger partial charge >= 0.3 is 12.1 Å². The van der Waals surface area contributed by atoms with Crippen LogP contribution in [0.1, 0.15) is 66.9 Å². The Morgan fingerprint density at radius 2 is 1.56 bits per heavy atom. The molecule has 0 fully saturated rings. The Kier molecular flexibility index (Phi) is 10.5. The molecule has 36 heavy (non-hydrogen) atoms. The smallest absolute Gasteiger partial charge is 0.389 e. The number of carbonyl (C=O) groups is 3. The Morgan fingerprint density at radius 3 is 2.14 bits per heavy atom. The number of carbonyl (C=O) groups excluding carboxylic acids is 3. The highest BCUT2D eigenvalue weighted by molar-refractivity contribution is 5.98. The van der Waals surface area contributed by atoms with Gasteiger partial charge in [0, 0.05) is 18.4 Å². The first-order valence-electron chi connectivity index (χ1n) is 11.7. The second-order valence-corrected chi connectivity index (χ2v) is 8.90. The van der Waals surface area contributed by atoms with Gasteiger partial charge in [0.15, 0.2) is 5.78 Å². The van der Waals surface area contributed by atoms with Gasteiger partial charge in [-0.2, -0.15) is 13.2 Å². The van der Waals surface area contributed by atoms with E-state index >= 15 is 0 Å². The van der Waals surface area contributed by atoms with Gasteiger partial charge in [0.1, 0.15) is 12.2 Å². The largest absolute Gasteiger partial charge is 0.494 e. The molecule has 196 valence electrons. The minimum Gasteiger partial charge on any atom is -0.494 e. The molecule has 0 radical (unpaired) electrons. The molecule has 0 bridgehead atoms. The van der Waals surface area contributed by atoms with Gasteiger partial charge in [-0.05, 0) is 50.8 Å². The van der Waals surface area contributed by atoms with Gasteiger partial charge in [-0.15, -0.1) is 0 Å². The van der Waals surface area contributed by atoms with Crippen molar-refractivity contribution in [3.63, 3.8) is 0 Å². The number of aryl methyl sites for hydroxylation is 1. The van der Waals surface area contributed by atoms with E-state index in [1.165, 1.54) is 7.11 Å². The highest BCUT2D eigenvalue weighted by Crippen LogP contribution is 2.29. The summed E-state index contributed by atoms with van der Waals surface area (Å²) >= 11 is 0. The zero-order valence-electron chi connectivity index (χ0n) is 20.7. The number of ether oxygens (including phenoxy) is 2. The summed E-state index contributed by atoms with van der Waals surface area (Å²) < 4.78 is 46.8. The lowest BCUT2D eigenvalue weighted by Gasteiger charge is -2.31. The normalized spacial score (nSPS) is 12.9. The standard InChI is InChI=1S/C27H32F3NO5/c1-19-7-9-20(10-8-19)23(32)18-26(2,31-24(33)17-25(34)35-3)21-11-13-22(14-12-21)36-16-6-4-5-15-27(28,29)30/h7-14H,4-6,15-18H2,1-3H3,(H,31,33)/t26-/m0/s1. The molecule has 2 aromatic rings. The van der Waals surface area contributed by atoms with Crippen molar-refractivity contribution in [3.05, 3.63) is 65.2 Å². The fourth-order valence-corrected chi connectivity index (χ4v) is 3.65. The molecular weight excluding hydrogens is 475 g/mol. The molecule has 0 saturated carbocycles. The first-order valence-corrected chi connectivity index (χ1v) is 11.7. The summed E-state index contributed by atoms with van der Waals surface area (Å²) in [5.41, 5.74) is 1.01. The van der Waals surface area contributed by atoms with Gasteiger partial charge in [0.25, 0.3) is 0 Å². The van der Waals surface area contributed by atoms with Crippen LogP contribution in [0.4, 0.5) is 13.2 Å². The molecule has 1 N–H and O–H groups in total. The molecule has 0 aliphatic heterocycles. The van der Waals surface area contributed by atoms with Gasteiger partial charge in [-0.1, -0.05) is 42.0 Å². The number of halogens is 3. The molecule has 2 rings (SSSR count). The lowest BCUT2D eigenvalue weighted by molar-refractivity contribution is -0.144. The third kappa shape index (κ3) is 9.71. The molecule has 0 saturated heterocycles. The first-order chi connectivity index (χ1) is 16.9. The van der Waals surface area contributed by atoms with E-state index in [4.69, 9.17) is 4.74 Å². The number of ketones is 1. The zero-order valence-corrected chi connectivity index (χ0v) is 20.7. The highest BCUT2D eigenvalue weighted by Gasteiger charge is 2.32. The first kappa shape index (κ1) is 28.9. The topological polar surface area (TPSA) is 81.7 Å². The molecule has 0 unspecified atom stereocenters. The van der Waals surface area contributed by atoms with Crippen molar-refractivity contribution >= 4 is 17.7 Å². The SMILES string of the molecule is COC(=O)CC(=O)N[C@@](C)(CC(=O)c1ccc(C)cc1)c1ccc(OCCCCCC(F)(F)F)cc1. The zero-order chi connectivity index (χ0) is 26.8. The monoisotopic (exact) mass is 507 g/mol.